The first kappa shape index (κ1) is 31.2. The molecule has 226 valence electrons. The van der Waals surface area contributed by atoms with Crippen LogP contribution >= 0.6 is 0 Å². The minimum absolute atomic E-state index is 0.0314. The lowest BCUT2D eigenvalue weighted by Gasteiger charge is -2.24. The van der Waals surface area contributed by atoms with Gasteiger partial charge < -0.3 is 35.0 Å². The van der Waals surface area contributed by atoms with Gasteiger partial charge in [0.05, 0.1) is 12.1 Å². The SMILES string of the molecule is CCCCc1ccc(CCc2ccc(O)c(OCC(NCC)c3cc(C(CNCC(C)O)C4CCCC4)c[nH]3)c2)o1. The van der Waals surface area contributed by atoms with Crippen molar-refractivity contribution in [2.75, 3.05) is 26.2 Å². The van der Waals surface area contributed by atoms with Crippen LogP contribution in [-0.4, -0.2) is 47.5 Å². The van der Waals surface area contributed by atoms with Crippen LogP contribution in [0.5, 0.6) is 11.5 Å². The van der Waals surface area contributed by atoms with Crippen molar-refractivity contribution in [3.05, 3.63) is 70.9 Å². The molecule has 1 aliphatic carbocycles. The smallest absolute Gasteiger partial charge is 0.161 e. The summed E-state index contributed by atoms with van der Waals surface area (Å²) in [4.78, 5) is 3.52. The van der Waals surface area contributed by atoms with Crippen LogP contribution in [0.1, 0.15) is 99.6 Å². The monoisotopic (exact) mass is 565 g/mol. The molecule has 0 saturated heterocycles. The highest BCUT2D eigenvalue weighted by Crippen LogP contribution is 2.38. The number of furan rings is 1. The second kappa shape index (κ2) is 16.0. The standard InChI is InChI=1S/C34H51N3O4/c1-4-6-11-28-15-16-29(41-28)14-12-25-13-17-33(39)34(18-25)40-23-32(36-5-2)31-19-27(21-37-31)30(22-35-20-24(3)38)26-9-7-8-10-26/h13,15-19,21,24,26,30,32,35-39H,4-12,14,20,22-23H2,1-3H3. The van der Waals surface area contributed by atoms with Gasteiger partial charge in [0, 0.05) is 43.7 Å². The third kappa shape index (κ3) is 9.38. The van der Waals surface area contributed by atoms with Crippen LogP contribution in [0.15, 0.2) is 47.0 Å². The molecule has 3 aromatic rings. The number of aromatic amines is 1. The summed E-state index contributed by atoms with van der Waals surface area (Å²) in [6.45, 7) is 8.80. The number of aryl methyl sites for hydroxylation is 3. The Bertz CT molecular complexity index is 1160. The maximum Gasteiger partial charge on any atom is 0.161 e. The molecule has 7 nitrogen and oxygen atoms in total. The number of aromatic nitrogens is 1. The number of phenolic OH excluding ortho intramolecular Hbond substituents is 1. The van der Waals surface area contributed by atoms with Crippen LogP contribution in [-0.2, 0) is 19.3 Å². The summed E-state index contributed by atoms with van der Waals surface area (Å²) in [6, 6.07) is 12.0. The topological polar surface area (TPSA) is 103 Å². The zero-order chi connectivity index (χ0) is 29.0. The maximum absolute atomic E-state index is 10.5. The predicted octanol–water partition coefficient (Wildman–Crippen LogP) is 6.41. The van der Waals surface area contributed by atoms with Crippen molar-refractivity contribution >= 4 is 0 Å². The molecular formula is C34H51N3O4. The number of benzene rings is 1. The van der Waals surface area contributed by atoms with Gasteiger partial charge in [-0.05, 0) is 86.5 Å². The zero-order valence-corrected chi connectivity index (χ0v) is 25.3. The summed E-state index contributed by atoms with van der Waals surface area (Å²) in [7, 11) is 0. The minimum Gasteiger partial charge on any atom is -0.504 e. The zero-order valence-electron chi connectivity index (χ0n) is 25.3. The lowest BCUT2D eigenvalue weighted by molar-refractivity contribution is 0.189. The molecule has 3 atom stereocenters. The number of hydrogen-bond acceptors (Lipinski definition) is 6. The highest BCUT2D eigenvalue weighted by atomic mass is 16.5. The van der Waals surface area contributed by atoms with Crippen molar-refractivity contribution in [3.63, 3.8) is 0 Å². The second-order valence-electron chi connectivity index (χ2n) is 11.7. The van der Waals surface area contributed by atoms with Crippen molar-refractivity contribution in [2.24, 2.45) is 5.92 Å². The first-order valence-corrected chi connectivity index (χ1v) is 15.8. The number of phenols is 1. The molecule has 1 fully saturated rings. The Balaban J connectivity index is 1.38. The Labute approximate surface area is 246 Å². The number of likely N-dealkylation sites (N-methyl/N-ethyl adjacent to an activating group) is 1. The first-order valence-electron chi connectivity index (χ1n) is 15.8. The van der Waals surface area contributed by atoms with E-state index in [4.69, 9.17) is 9.15 Å². The molecule has 2 aromatic heterocycles. The third-order valence-electron chi connectivity index (χ3n) is 8.34. The van der Waals surface area contributed by atoms with E-state index < -0.39 is 0 Å². The second-order valence-corrected chi connectivity index (χ2v) is 11.7. The molecule has 1 saturated carbocycles. The van der Waals surface area contributed by atoms with Crippen LogP contribution < -0.4 is 15.4 Å². The van der Waals surface area contributed by atoms with E-state index in [1.807, 2.05) is 19.1 Å². The summed E-state index contributed by atoms with van der Waals surface area (Å²) in [6.07, 6.45) is 11.8. The number of aliphatic hydroxyl groups is 1. The van der Waals surface area contributed by atoms with Gasteiger partial charge in [0.25, 0.3) is 0 Å². The molecule has 2 heterocycles. The average Bonchev–Trinajstić information content (AvgIpc) is 3.75. The number of H-pyrrole nitrogens is 1. The Hall–Kier alpha value is -2.74. The summed E-state index contributed by atoms with van der Waals surface area (Å²) in [5, 5.41) is 27.3. The summed E-state index contributed by atoms with van der Waals surface area (Å²) < 4.78 is 12.2. The molecule has 1 aromatic carbocycles. The van der Waals surface area contributed by atoms with Gasteiger partial charge in [0.15, 0.2) is 11.5 Å². The molecule has 1 aliphatic rings. The number of ether oxygens (including phenoxy) is 1. The molecule has 41 heavy (non-hydrogen) atoms. The number of rotatable bonds is 18. The summed E-state index contributed by atoms with van der Waals surface area (Å²) >= 11 is 0. The Morgan fingerprint density at radius 3 is 2.54 bits per heavy atom. The van der Waals surface area contributed by atoms with Crippen molar-refractivity contribution in [2.45, 2.75) is 96.6 Å². The number of aromatic hydroxyl groups is 1. The Morgan fingerprint density at radius 1 is 1.02 bits per heavy atom. The molecule has 4 rings (SSSR count). The van der Waals surface area contributed by atoms with Gasteiger partial charge in [-0.1, -0.05) is 39.2 Å². The van der Waals surface area contributed by atoms with E-state index in [0.717, 1.165) is 68.0 Å². The Morgan fingerprint density at radius 2 is 1.80 bits per heavy atom. The average molecular weight is 566 g/mol. The first-order chi connectivity index (χ1) is 20.0. The van der Waals surface area contributed by atoms with E-state index in [0.29, 0.717) is 30.7 Å². The fourth-order valence-corrected chi connectivity index (χ4v) is 6.03. The molecule has 0 aliphatic heterocycles. The fraction of sp³-hybridized carbons (Fsp3) is 0.588. The van der Waals surface area contributed by atoms with Gasteiger partial charge in [0.1, 0.15) is 18.1 Å². The summed E-state index contributed by atoms with van der Waals surface area (Å²) in [5.41, 5.74) is 3.51. The quantitative estimate of drug-likeness (QED) is 0.122. The minimum atomic E-state index is -0.347. The van der Waals surface area contributed by atoms with Crippen molar-refractivity contribution in [1.29, 1.82) is 0 Å². The van der Waals surface area contributed by atoms with Crippen LogP contribution in [0.4, 0.5) is 0 Å². The van der Waals surface area contributed by atoms with E-state index >= 15 is 0 Å². The van der Waals surface area contributed by atoms with Gasteiger partial charge in [-0.15, -0.1) is 0 Å². The van der Waals surface area contributed by atoms with E-state index in [1.54, 1.807) is 6.07 Å². The van der Waals surface area contributed by atoms with Crippen molar-refractivity contribution in [1.82, 2.24) is 15.6 Å². The Kier molecular flexibility index (Phi) is 12.2. The van der Waals surface area contributed by atoms with E-state index in [1.165, 1.54) is 31.2 Å². The third-order valence-corrected chi connectivity index (χ3v) is 8.34. The largest absolute Gasteiger partial charge is 0.504 e. The van der Waals surface area contributed by atoms with Gasteiger partial charge in [-0.25, -0.2) is 0 Å². The van der Waals surface area contributed by atoms with E-state index in [2.05, 4.69) is 53.9 Å². The lowest BCUT2D eigenvalue weighted by atomic mass is 9.85. The van der Waals surface area contributed by atoms with Gasteiger partial charge in [-0.3, -0.25) is 0 Å². The van der Waals surface area contributed by atoms with Gasteiger partial charge in [-0.2, -0.15) is 0 Å². The molecule has 0 bridgehead atoms. The van der Waals surface area contributed by atoms with Gasteiger partial charge >= 0.3 is 0 Å². The molecule has 3 unspecified atom stereocenters. The van der Waals surface area contributed by atoms with Crippen LogP contribution in [0.2, 0.25) is 0 Å². The number of nitrogens with one attached hydrogen (secondary N) is 3. The van der Waals surface area contributed by atoms with Crippen LogP contribution in [0.3, 0.4) is 0 Å². The van der Waals surface area contributed by atoms with Gasteiger partial charge in [0.2, 0.25) is 0 Å². The fourth-order valence-electron chi connectivity index (χ4n) is 6.03. The molecular weight excluding hydrogens is 514 g/mol. The molecule has 0 radical (unpaired) electrons. The molecule has 0 amide bonds. The number of unbranched alkanes of at least 4 members (excludes halogenated alkanes) is 1. The molecule has 0 spiro atoms. The van der Waals surface area contributed by atoms with E-state index in [9.17, 15) is 10.2 Å². The maximum atomic E-state index is 10.5. The van der Waals surface area contributed by atoms with Crippen LogP contribution in [0.25, 0.3) is 0 Å². The van der Waals surface area contributed by atoms with Crippen molar-refractivity contribution < 1.29 is 19.4 Å². The number of aliphatic hydroxyl groups excluding tert-OH is 1. The van der Waals surface area contributed by atoms with Crippen molar-refractivity contribution in [3.8, 4) is 11.5 Å². The van der Waals surface area contributed by atoms with Crippen LogP contribution in [0, 0.1) is 5.92 Å². The predicted molar refractivity (Wildman–Crippen MR) is 165 cm³/mol. The normalized spacial score (nSPS) is 16.2. The highest BCUT2D eigenvalue weighted by molar-refractivity contribution is 5.42. The number of hydrogen-bond donors (Lipinski definition) is 5. The molecule has 7 heteroatoms. The highest BCUT2D eigenvalue weighted by Gasteiger charge is 2.28. The molecule has 5 N–H and O–H groups in total. The lowest BCUT2D eigenvalue weighted by Crippen LogP contribution is -2.31. The van der Waals surface area contributed by atoms with E-state index in [-0.39, 0.29) is 17.9 Å². The summed E-state index contributed by atoms with van der Waals surface area (Å²) in [5.74, 6) is 3.80.